The fraction of sp³-hybridized carbons (Fsp3) is 0.188. The summed E-state index contributed by atoms with van der Waals surface area (Å²) in [5.74, 6) is 2.81. The Hall–Kier alpha value is -2.87. The van der Waals surface area contributed by atoms with Crippen molar-refractivity contribution in [2.75, 3.05) is 0 Å². The monoisotopic (exact) mass is 278 g/mol. The van der Waals surface area contributed by atoms with E-state index in [2.05, 4.69) is 15.9 Å². The predicted octanol–water partition coefficient (Wildman–Crippen LogP) is 2.09. The number of urea groups is 1. The van der Waals surface area contributed by atoms with Crippen LogP contribution in [0.1, 0.15) is 18.5 Å². The van der Waals surface area contributed by atoms with Gasteiger partial charge in [-0.05, 0) is 13.0 Å². The van der Waals surface area contributed by atoms with Crippen LogP contribution in [0.2, 0.25) is 0 Å². The molecule has 1 aromatic carbocycles. The number of para-hydroxylation sites is 1. The van der Waals surface area contributed by atoms with E-state index in [0.29, 0.717) is 0 Å². The minimum absolute atomic E-state index is 0.250. The highest BCUT2D eigenvalue weighted by atomic mass is 16.2. The van der Waals surface area contributed by atoms with Crippen molar-refractivity contribution in [3.05, 3.63) is 42.1 Å². The summed E-state index contributed by atoms with van der Waals surface area (Å²) in [6.07, 6.45) is 7.17. The summed E-state index contributed by atoms with van der Waals surface area (Å²) in [6, 6.07) is 8.33. The van der Waals surface area contributed by atoms with Crippen LogP contribution in [0.25, 0.3) is 10.9 Å². The lowest BCUT2D eigenvalue weighted by Gasteiger charge is -2.27. The SMILES string of the molecule is C#CC(C)N1C(=O)N=C(N)C1c1cccc2cccnc12. The summed E-state index contributed by atoms with van der Waals surface area (Å²) in [5.41, 5.74) is 7.60. The number of fused-ring (bicyclic) bond motifs is 1. The molecule has 0 aliphatic carbocycles. The number of hydrogen-bond acceptors (Lipinski definition) is 3. The van der Waals surface area contributed by atoms with Gasteiger partial charge in [0.25, 0.3) is 0 Å². The number of aromatic nitrogens is 1. The van der Waals surface area contributed by atoms with Crippen molar-refractivity contribution in [1.29, 1.82) is 0 Å². The van der Waals surface area contributed by atoms with E-state index in [1.54, 1.807) is 13.1 Å². The van der Waals surface area contributed by atoms with Crippen molar-refractivity contribution in [1.82, 2.24) is 9.88 Å². The second-order valence-electron chi connectivity index (χ2n) is 4.89. The summed E-state index contributed by atoms with van der Waals surface area (Å²) in [4.78, 5) is 21.8. The Morgan fingerprint density at radius 1 is 1.38 bits per heavy atom. The molecular formula is C16H14N4O. The molecule has 5 nitrogen and oxygen atoms in total. The third-order valence-electron chi connectivity index (χ3n) is 3.62. The Labute approximate surface area is 122 Å². The molecule has 2 amide bonds. The topological polar surface area (TPSA) is 71.6 Å². The van der Waals surface area contributed by atoms with Crippen molar-refractivity contribution in [2.24, 2.45) is 10.7 Å². The normalized spacial score (nSPS) is 19.4. The molecule has 5 heteroatoms. The number of nitrogens with two attached hydrogens (primary N) is 1. The Bertz CT molecular complexity index is 785. The molecule has 2 aromatic rings. The highest BCUT2D eigenvalue weighted by molar-refractivity contribution is 6.05. The van der Waals surface area contributed by atoms with Crippen molar-refractivity contribution < 1.29 is 4.79 Å². The molecule has 0 spiro atoms. The van der Waals surface area contributed by atoms with Gasteiger partial charge in [-0.15, -0.1) is 6.42 Å². The number of nitrogens with zero attached hydrogens (tertiary/aromatic N) is 3. The summed E-state index contributed by atoms with van der Waals surface area (Å²) < 4.78 is 0. The smallest absolute Gasteiger partial charge is 0.347 e. The molecule has 2 heterocycles. The molecule has 1 aliphatic heterocycles. The van der Waals surface area contributed by atoms with Crippen LogP contribution in [0, 0.1) is 12.3 Å². The molecule has 3 rings (SSSR count). The lowest BCUT2D eigenvalue weighted by atomic mass is 10.0. The Kier molecular flexibility index (Phi) is 3.07. The first-order chi connectivity index (χ1) is 10.1. The number of amides is 2. The van der Waals surface area contributed by atoms with Crippen LogP contribution in [0.5, 0.6) is 0 Å². The van der Waals surface area contributed by atoms with Gasteiger partial charge >= 0.3 is 6.03 Å². The van der Waals surface area contributed by atoms with Gasteiger partial charge in [-0.1, -0.05) is 30.2 Å². The van der Waals surface area contributed by atoms with Gasteiger partial charge in [0.05, 0.1) is 11.6 Å². The van der Waals surface area contributed by atoms with Gasteiger partial charge < -0.3 is 5.73 Å². The number of hydrogen-bond donors (Lipinski definition) is 1. The zero-order chi connectivity index (χ0) is 15.0. The molecule has 1 aliphatic rings. The van der Waals surface area contributed by atoms with Crippen molar-refractivity contribution in [3.63, 3.8) is 0 Å². The first-order valence-corrected chi connectivity index (χ1v) is 6.59. The molecule has 0 fully saturated rings. The lowest BCUT2D eigenvalue weighted by molar-refractivity contribution is 0.199. The fourth-order valence-corrected chi connectivity index (χ4v) is 2.61. The van der Waals surface area contributed by atoms with E-state index >= 15 is 0 Å². The number of pyridine rings is 1. The van der Waals surface area contributed by atoms with Crippen LogP contribution in [0.15, 0.2) is 41.5 Å². The Balaban J connectivity index is 2.19. The summed E-state index contributed by atoms with van der Waals surface area (Å²) in [6.45, 7) is 1.78. The third kappa shape index (κ3) is 2.01. The van der Waals surface area contributed by atoms with Crippen LogP contribution in [0.3, 0.4) is 0 Å². The van der Waals surface area contributed by atoms with E-state index in [1.165, 1.54) is 4.90 Å². The van der Waals surface area contributed by atoms with Gasteiger partial charge in [0.15, 0.2) is 0 Å². The van der Waals surface area contributed by atoms with E-state index in [0.717, 1.165) is 16.5 Å². The zero-order valence-electron chi connectivity index (χ0n) is 11.5. The predicted molar refractivity (Wildman–Crippen MR) is 81.6 cm³/mol. The van der Waals surface area contributed by atoms with E-state index in [4.69, 9.17) is 12.2 Å². The van der Waals surface area contributed by atoms with Crippen LogP contribution < -0.4 is 5.73 Å². The highest BCUT2D eigenvalue weighted by Gasteiger charge is 2.38. The second-order valence-corrected chi connectivity index (χ2v) is 4.89. The average molecular weight is 278 g/mol. The zero-order valence-corrected chi connectivity index (χ0v) is 11.5. The van der Waals surface area contributed by atoms with E-state index in [-0.39, 0.29) is 5.84 Å². The van der Waals surface area contributed by atoms with Crippen molar-refractivity contribution in [3.8, 4) is 12.3 Å². The average Bonchev–Trinajstić information content (AvgIpc) is 2.80. The number of amidine groups is 1. The van der Waals surface area contributed by atoms with E-state index in [1.807, 2.05) is 30.3 Å². The maximum atomic E-state index is 12.0. The van der Waals surface area contributed by atoms with Gasteiger partial charge in [0.2, 0.25) is 0 Å². The Morgan fingerprint density at radius 3 is 2.90 bits per heavy atom. The van der Waals surface area contributed by atoms with Gasteiger partial charge in [-0.25, -0.2) is 4.79 Å². The van der Waals surface area contributed by atoms with E-state index in [9.17, 15) is 4.79 Å². The molecule has 104 valence electrons. The van der Waals surface area contributed by atoms with Gasteiger partial charge in [0, 0.05) is 17.1 Å². The van der Waals surface area contributed by atoms with Crippen molar-refractivity contribution >= 4 is 22.8 Å². The van der Waals surface area contributed by atoms with E-state index < -0.39 is 18.1 Å². The number of carbonyl (C=O) groups is 1. The molecule has 2 unspecified atom stereocenters. The molecule has 0 bridgehead atoms. The minimum atomic E-state index is -0.470. The molecule has 0 saturated heterocycles. The second kappa shape index (κ2) is 4.91. The number of benzene rings is 1. The highest BCUT2D eigenvalue weighted by Crippen LogP contribution is 2.32. The molecule has 2 atom stereocenters. The van der Waals surface area contributed by atoms with Gasteiger partial charge in [-0.2, -0.15) is 4.99 Å². The number of rotatable bonds is 2. The quantitative estimate of drug-likeness (QED) is 0.855. The number of carbonyl (C=O) groups excluding carboxylic acids is 1. The Morgan fingerprint density at radius 2 is 2.14 bits per heavy atom. The van der Waals surface area contributed by atoms with Gasteiger partial charge in [-0.3, -0.25) is 9.88 Å². The first-order valence-electron chi connectivity index (χ1n) is 6.59. The molecule has 0 saturated carbocycles. The van der Waals surface area contributed by atoms with Gasteiger partial charge in [0.1, 0.15) is 11.9 Å². The summed E-state index contributed by atoms with van der Waals surface area (Å²) in [5, 5.41) is 0.982. The lowest BCUT2D eigenvalue weighted by Crippen LogP contribution is -2.39. The summed E-state index contributed by atoms with van der Waals surface area (Å²) >= 11 is 0. The molecule has 21 heavy (non-hydrogen) atoms. The third-order valence-corrected chi connectivity index (χ3v) is 3.62. The van der Waals surface area contributed by atoms with Crippen LogP contribution >= 0.6 is 0 Å². The molecule has 1 aromatic heterocycles. The molecular weight excluding hydrogens is 264 g/mol. The molecule has 0 radical (unpaired) electrons. The number of aliphatic imine (C=N–C) groups is 1. The largest absolute Gasteiger partial charge is 0.385 e. The minimum Gasteiger partial charge on any atom is -0.385 e. The van der Waals surface area contributed by atoms with Crippen molar-refractivity contribution in [2.45, 2.75) is 19.0 Å². The standard InChI is InChI=1S/C16H14N4O/c1-3-10(2)20-14(15(17)19-16(20)21)12-8-4-6-11-7-5-9-18-13(11)12/h1,4-10,14H,2H3,(H2,17,19,21). The molecule has 2 N–H and O–H groups in total. The number of terminal acetylenes is 1. The van der Waals surface area contributed by atoms with Crippen LogP contribution in [-0.4, -0.2) is 27.8 Å². The first kappa shape index (κ1) is 13.1. The fourth-order valence-electron chi connectivity index (χ4n) is 2.61. The maximum absolute atomic E-state index is 12.0. The summed E-state index contributed by atoms with van der Waals surface area (Å²) in [7, 11) is 0. The maximum Gasteiger partial charge on any atom is 0.347 e. The van der Waals surface area contributed by atoms with Crippen LogP contribution in [-0.2, 0) is 0 Å². The van der Waals surface area contributed by atoms with Crippen LogP contribution in [0.4, 0.5) is 4.79 Å².